The summed E-state index contributed by atoms with van der Waals surface area (Å²) in [4.78, 5) is 38.2. The van der Waals surface area contributed by atoms with Gasteiger partial charge in [0, 0.05) is 49.1 Å². The van der Waals surface area contributed by atoms with E-state index in [1.807, 2.05) is 97.0 Å². The summed E-state index contributed by atoms with van der Waals surface area (Å²) in [7, 11) is 5.88. The summed E-state index contributed by atoms with van der Waals surface area (Å²) in [6, 6.07) is 15.4. The van der Waals surface area contributed by atoms with Gasteiger partial charge in [0.15, 0.2) is 0 Å². The fourth-order valence-electron chi connectivity index (χ4n) is 5.13. The molecule has 3 N–H and O–H groups in total. The molecular weight excluding hydrogens is 502 g/mol. The van der Waals surface area contributed by atoms with Crippen molar-refractivity contribution in [2.24, 2.45) is 7.05 Å². The van der Waals surface area contributed by atoms with Crippen molar-refractivity contribution in [3.63, 3.8) is 0 Å². The van der Waals surface area contributed by atoms with Gasteiger partial charge in [-0.15, -0.1) is 0 Å². The molecule has 206 valence electrons. The minimum atomic E-state index is -0.133. The maximum absolute atomic E-state index is 12.9. The van der Waals surface area contributed by atoms with Crippen molar-refractivity contribution < 1.29 is 9.59 Å². The molecule has 0 spiro atoms. The zero-order valence-corrected chi connectivity index (χ0v) is 23.4. The molecule has 3 heterocycles. The van der Waals surface area contributed by atoms with E-state index in [9.17, 15) is 9.59 Å². The third kappa shape index (κ3) is 5.33. The zero-order valence-electron chi connectivity index (χ0n) is 23.4. The lowest BCUT2D eigenvalue weighted by Gasteiger charge is -2.15. The number of hydrogen-bond acceptors (Lipinski definition) is 6. The van der Waals surface area contributed by atoms with Crippen LogP contribution >= 0.6 is 0 Å². The van der Waals surface area contributed by atoms with E-state index < -0.39 is 0 Å². The molecule has 2 aromatic heterocycles. The number of aromatic nitrogens is 3. The standard InChI is InChI=1S/C31H35N7O2/c1-20(15-18-36(2)3)30(39)35-24-13-11-22(12-14-24)27-25(26-28(32)33-19-34-29(26)37(27)4)21-7-9-23(10-8-21)31(40)38-16-5-6-17-38/h7-15,19H,5-6,16-18H2,1-4H3,(H,35,39)(H2,32,33,34)/b20-15+. The molecule has 1 aliphatic heterocycles. The molecule has 9 nitrogen and oxygen atoms in total. The van der Waals surface area contributed by atoms with Crippen LogP contribution in [0.25, 0.3) is 33.4 Å². The lowest BCUT2D eigenvalue weighted by atomic mass is 9.97. The summed E-state index contributed by atoms with van der Waals surface area (Å²) in [5.41, 5.74) is 12.8. The van der Waals surface area contributed by atoms with E-state index in [0.29, 0.717) is 34.8 Å². The normalized spacial score (nSPS) is 13.8. The first-order chi connectivity index (χ1) is 19.2. The van der Waals surface area contributed by atoms with Crippen molar-refractivity contribution in [1.82, 2.24) is 24.3 Å². The molecule has 1 fully saturated rings. The van der Waals surface area contributed by atoms with Crippen LogP contribution in [0.4, 0.5) is 11.5 Å². The maximum atomic E-state index is 12.9. The van der Waals surface area contributed by atoms with E-state index in [0.717, 1.165) is 53.7 Å². The Morgan fingerprint density at radius 1 is 1.00 bits per heavy atom. The van der Waals surface area contributed by atoms with Crippen LogP contribution in [0.5, 0.6) is 0 Å². The van der Waals surface area contributed by atoms with Crippen LogP contribution in [-0.2, 0) is 11.8 Å². The highest BCUT2D eigenvalue weighted by Crippen LogP contribution is 2.41. The van der Waals surface area contributed by atoms with Crippen molar-refractivity contribution in [2.75, 3.05) is 44.8 Å². The third-order valence-corrected chi connectivity index (χ3v) is 7.35. The molecule has 0 saturated carbocycles. The number of fused-ring (bicyclic) bond motifs is 1. The second-order valence-corrected chi connectivity index (χ2v) is 10.5. The largest absolute Gasteiger partial charge is 0.383 e. The van der Waals surface area contributed by atoms with Crippen LogP contribution in [0, 0.1) is 0 Å². The van der Waals surface area contributed by atoms with Gasteiger partial charge in [-0.1, -0.05) is 30.3 Å². The topological polar surface area (TPSA) is 109 Å². The number of anilines is 2. The molecule has 0 atom stereocenters. The van der Waals surface area contributed by atoms with Crippen LogP contribution in [0.15, 0.2) is 66.5 Å². The van der Waals surface area contributed by atoms with Gasteiger partial charge < -0.3 is 25.4 Å². The number of nitrogens with two attached hydrogens (primary N) is 1. The smallest absolute Gasteiger partial charge is 0.253 e. The fraction of sp³-hybridized carbons (Fsp3) is 0.290. The number of likely N-dealkylation sites (N-methyl/N-ethyl adjacent to an activating group) is 1. The Morgan fingerprint density at radius 2 is 1.65 bits per heavy atom. The van der Waals surface area contributed by atoms with Crippen LogP contribution in [0.3, 0.4) is 0 Å². The van der Waals surface area contributed by atoms with Crippen molar-refractivity contribution in [1.29, 1.82) is 0 Å². The summed E-state index contributed by atoms with van der Waals surface area (Å²) in [5, 5.41) is 3.73. The van der Waals surface area contributed by atoms with Gasteiger partial charge in [-0.3, -0.25) is 9.59 Å². The summed E-state index contributed by atoms with van der Waals surface area (Å²) in [6.07, 6.45) is 5.48. The predicted molar refractivity (Wildman–Crippen MR) is 160 cm³/mol. The summed E-state index contributed by atoms with van der Waals surface area (Å²) in [6.45, 7) is 4.13. The summed E-state index contributed by atoms with van der Waals surface area (Å²) >= 11 is 0. The Morgan fingerprint density at radius 3 is 2.30 bits per heavy atom. The quantitative estimate of drug-likeness (QED) is 0.335. The maximum Gasteiger partial charge on any atom is 0.253 e. The second-order valence-electron chi connectivity index (χ2n) is 10.5. The predicted octanol–water partition coefficient (Wildman–Crippen LogP) is 4.57. The number of nitrogens with zero attached hydrogens (tertiary/aromatic N) is 5. The van der Waals surface area contributed by atoms with E-state index in [4.69, 9.17) is 5.73 Å². The van der Waals surface area contributed by atoms with E-state index in [1.165, 1.54) is 6.33 Å². The highest BCUT2D eigenvalue weighted by molar-refractivity contribution is 6.08. The molecule has 0 bridgehead atoms. The molecule has 0 radical (unpaired) electrons. The van der Waals surface area contributed by atoms with Crippen LogP contribution < -0.4 is 11.1 Å². The molecular formula is C31H35N7O2. The number of hydrogen-bond donors (Lipinski definition) is 2. The number of carbonyl (C=O) groups excluding carboxylic acids is 2. The van der Waals surface area contributed by atoms with Gasteiger partial charge in [0.2, 0.25) is 0 Å². The highest BCUT2D eigenvalue weighted by Gasteiger charge is 2.23. The number of nitrogen functional groups attached to an aromatic ring is 1. The summed E-state index contributed by atoms with van der Waals surface area (Å²) in [5.74, 6) is 0.323. The van der Waals surface area contributed by atoms with Gasteiger partial charge in [-0.05, 0) is 69.3 Å². The van der Waals surface area contributed by atoms with Gasteiger partial charge in [0.05, 0.1) is 11.1 Å². The van der Waals surface area contributed by atoms with Gasteiger partial charge in [-0.25, -0.2) is 9.97 Å². The van der Waals surface area contributed by atoms with Crippen LogP contribution in [0.1, 0.15) is 30.1 Å². The first-order valence-corrected chi connectivity index (χ1v) is 13.5. The monoisotopic (exact) mass is 537 g/mol. The highest BCUT2D eigenvalue weighted by atomic mass is 16.2. The Bertz CT molecular complexity index is 1580. The van der Waals surface area contributed by atoms with Gasteiger partial charge >= 0.3 is 0 Å². The van der Waals surface area contributed by atoms with Crippen molar-refractivity contribution in [3.8, 4) is 22.4 Å². The average Bonchev–Trinajstić information content (AvgIpc) is 3.59. The molecule has 1 saturated heterocycles. The molecule has 5 rings (SSSR count). The fourth-order valence-corrected chi connectivity index (χ4v) is 5.13. The molecule has 2 amide bonds. The van der Waals surface area contributed by atoms with Crippen molar-refractivity contribution >= 4 is 34.4 Å². The van der Waals surface area contributed by atoms with Gasteiger partial charge in [-0.2, -0.15) is 0 Å². The lowest BCUT2D eigenvalue weighted by Crippen LogP contribution is -2.27. The van der Waals surface area contributed by atoms with E-state index in [-0.39, 0.29) is 11.8 Å². The number of aryl methyl sites for hydroxylation is 1. The minimum absolute atomic E-state index is 0.0643. The first kappa shape index (κ1) is 27.1. The number of likely N-dealkylation sites (tertiary alicyclic amines) is 1. The Balaban J connectivity index is 1.50. The Labute approximate surface area is 234 Å². The Hall–Kier alpha value is -4.50. The number of amides is 2. The molecule has 4 aromatic rings. The van der Waals surface area contributed by atoms with Gasteiger partial charge in [0.1, 0.15) is 17.8 Å². The second kappa shape index (κ2) is 11.3. The first-order valence-electron chi connectivity index (χ1n) is 13.5. The van der Waals surface area contributed by atoms with E-state index in [1.54, 1.807) is 0 Å². The lowest BCUT2D eigenvalue weighted by molar-refractivity contribution is -0.112. The minimum Gasteiger partial charge on any atom is -0.383 e. The Kier molecular flexibility index (Phi) is 7.66. The van der Waals surface area contributed by atoms with E-state index in [2.05, 4.69) is 15.3 Å². The molecule has 0 unspecified atom stereocenters. The SMILES string of the molecule is C/C(=C\CN(C)C)C(=O)Nc1ccc(-c2c(-c3ccc(C(=O)N4CCCC4)cc3)c3c(N)ncnc3n2C)cc1. The molecule has 0 aliphatic carbocycles. The van der Waals surface area contributed by atoms with Crippen molar-refractivity contribution in [3.05, 3.63) is 72.1 Å². The average molecular weight is 538 g/mol. The van der Waals surface area contributed by atoms with Crippen LogP contribution in [-0.4, -0.2) is 69.9 Å². The molecule has 1 aliphatic rings. The summed E-state index contributed by atoms with van der Waals surface area (Å²) < 4.78 is 2.01. The number of benzene rings is 2. The third-order valence-electron chi connectivity index (χ3n) is 7.35. The van der Waals surface area contributed by atoms with Gasteiger partial charge in [0.25, 0.3) is 11.8 Å². The molecule has 9 heteroatoms. The number of carbonyl (C=O) groups is 2. The van der Waals surface area contributed by atoms with E-state index >= 15 is 0 Å². The number of rotatable bonds is 7. The number of nitrogens with one attached hydrogen (secondary N) is 1. The zero-order chi connectivity index (χ0) is 28.4. The van der Waals surface area contributed by atoms with Crippen molar-refractivity contribution in [2.45, 2.75) is 19.8 Å². The molecule has 2 aromatic carbocycles. The van der Waals surface area contributed by atoms with Crippen LogP contribution in [0.2, 0.25) is 0 Å². The molecule has 40 heavy (non-hydrogen) atoms.